The molecule has 76 valence electrons. The van der Waals surface area contributed by atoms with Crippen LogP contribution in [0.15, 0.2) is 10.5 Å². The monoisotopic (exact) mass is 295 g/mol. The molecule has 0 radical (unpaired) electrons. The summed E-state index contributed by atoms with van der Waals surface area (Å²) < 4.78 is 0.718. The zero-order valence-corrected chi connectivity index (χ0v) is 10.7. The second-order valence-electron chi connectivity index (χ2n) is 2.84. The molecule has 0 unspecified atom stereocenters. The standard InChI is InChI=1S/C9H8BrCl2NO/c1-4-8(12)6(10)3-7(11)9(4)13-5(2)14/h3H,1-2H3,(H,13,14). The van der Waals surface area contributed by atoms with Gasteiger partial charge in [-0.3, -0.25) is 4.79 Å². The quantitative estimate of drug-likeness (QED) is 0.779. The van der Waals surface area contributed by atoms with E-state index in [9.17, 15) is 4.79 Å². The van der Waals surface area contributed by atoms with Crippen molar-refractivity contribution in [3.63, 3.8) is 0 Å². The lowest BCUT2D eigenvalue weighted by atomic mass is 10.2. The van der Waals surface area contributed by atoms with Gasteiger partial charge in [0.2, 0.25) is 5.91 Å². The summed E-state index contributed by atoms with van der Waals surface area (Å²) in [6, 6.07) is 1.65. The lowest BCUT2D eigenvalue weighted by Gasteiger charge is -2.11. The van der Waals surface area contributed by atoms with Crippen LogP contribution < -0.4 is 5.32 Å². The summed E-state index contributed by atoms with van der Waals surface area (Å²) in [5, 5.41) is 3.65. The molecule has 2 nitrogen and oxygen atoms in total. The Morgan fingerprint density at radius 2 is 2.07 bits per heavy atom. The Balaban J connectivity index is 3.29. The van der Waals surface area contributed by atoms with Gasteiger partial charge in [0.1, 0.15) is 0 Å². The van der Waals surface area contributed by atoms with Gasteiger partial charge in [-0.05, 0) is 34.5 Å². The molecular formula is C9H8BrCl2NO. The van der Waals surface area contributed by atoms with Gasteiger partial charge >= 0.3 is 0 Å². The van der Waals surface area contributed by atoms with Gasteiger partial charge < -0.3 is 5.32 Å². The minimum absolute atomic E-state index is 0.173. The van der Waals surface area contributed by atoms with Crippen molar-refractivity contribution in [1.29, 1.82) is 0 Å². The summed E-state index contributed by atoms with van der Waals surface area (Å²) in [7, 11) is 0. The molecular weight excluding hydrogens is 289 g/mol. The Morgan fingerprint density at radius 1 is 1.50 bits per heavy atom. The van der Waals surface area contributed by atoms with Crippen LogP contribution in [0.1, 0.15) is 12.5 Å². The summed E-state index contributed by atoms with van der Waals surface area (Å²) in [6.07, 6.45) is 0. The highest BCUT2D eigenvalue weighted by atomic mass is 79.9. The summed E-state index contributed by atoms with van der Waals surface area (Å²) >= 11 is 15.2. The maximum Gasteiger partial charge on any atom is 0.221 e. The number of amides is 1. The normalized spacial score (nSPS) is 10.1. The SMILES string of the molecule is CC(=O)Nc1c(Cl)cc(Br)c(Cl)c1C. The molecule has 1 rings (SSSR count). The fraction of sp³-hybridized carbons (Fsp3) is 0.222. The van der Waals surface area contributed by atoms with Crippen molar-refractivity contribution in [2.75, 3.05) is 5.32 Å². The molecule has 1 N–H and O–H groups in total. The van der Waals surface area contributed by atoms with Crippen molar-refractivity contribution in [2.45, 2.75) is 13.8 Å². The molecule has 0 aromatic heterocycles. The first kappa shape index (κ1) is 11.8. The van der Waals surface area contributed by atoms with Crippen LogP contribution in [0.4, 0.5) is 5.69 Å². The first-order chi connectivity index (χ1) is 6.43. The van der Waals surface area contributed by atoms with E-state index in [0.717, 1.165) is 10.0 Å². The van der Waals surface area contributed by atoms with E-state index in [1.165, 1.54) is 6.92 Å². The van der Waals surface area contributed by atoms with Crippen molar-refractivity contribution in [1.82, 2.24) is 0 Å². The molecule has 0 bridgehead atoms. The molecule has 0 fully saturated rings. The van der Waals surface area contributed by atoms with Crippen LogP contribution in [0.3, 0.4) is 0 Å². The number of hydrogen-bond donors (Lipinski definition) is 1. The lowest BCUT2D eigenvalue weighted by Crippen LogP contribution is -2.08. The van der Waals surface area contributed by atoms with E-state index < -0.39 is 0 Å². The molecule has 0 aliphatic carbocycles. The number of anilines is 1. The molecule has 14 heavy (non-hydrogen) atoms. The van der Waals surface area contributed by atoms with Crippen LogP contribution in [0.5, 0.6) is 0 Å². The van der Waals surface area contributed by atoms with E-state index in [-0.39, 0.29) is 5.91 Å². The van der Waals surface area contributed by atoms with Gasteiger partial charge in [0.15, 0.2) is 0 Å². The third kappa shape index (κ3) is 2.41. The molecule has 0 saturated heterocycles. The highest BCUT2D eigenvalue weighted by molar-refractivity contribution is 9.10. The maximum atomic E-state index is 10.9. The zero-order chi connectivity index (χ0) is 10.9. The molecule has 0 spiro atoms. The number of benzene rings is 1. The third-order valence-corrected chi connectivity index (χ3v) is 3.35. The van der Waals surface area contributed by atoms with E-state index in [1.807, 2.05) is 0 Å². The van der Waals surface area contributed by atoms with Gasteiger partial charge in [-0.15, -0.1) is 0 Å². The number of rotatable bonds is 1. The number of hydrogen-bond acceptors (Lipinski definition) is 1. The predicted molar refractivity (Wildman–Crippen MR) is 63.2 cm³/mol. The van der Waals surface area contributed by atoms with Gasteiger partial charge in [0, 0.05) is 11.4 Å². The number of halogens is 3. The summed E-state index contributed by atoms with van der Waals surface area (Å²) in [4.78, 5) is 10.9. The van der Waals surface area contributed by atoms with Gasteiger partial charge in [-0.2, -0.15) is 0 Å². The number of nitrogens with one attached hydrogen (secondary N) is 1. The average molecular weight is 297 g/mol. The summed E-state index contributed by atoms with van der Waals surface area (Å²) in [6.45, 7) is 3.22. The Bertz CT molecular complexity index is 393. The minimum atomic E-state index is -0.173. The van der Waals surface area contributed by atoms with Crippen LogP contribution in [0.2, 0.25) is 10.0 Å². The largest absolute Gasteiger partial charge is 0.325 e. The van der Waals surface area contributed by atoms with Crippen molar-refractivity contribution >= 4 is 50.7 Å². The summed E-state index contributed by atoms with van der Waals surface area (Å²) in [5.41, 5.74) is 1.31. The number of carbonyl (C=O) groups excluding carboxylic acids is 1. The van der Waals surface area contributed by atoms with Gasteiger partial charge in [0.25, 0.3) is 0 Å². The molecule has 0 aliphatic heterocycles. The first-order valence-corrected chi connectivity index (χ1v) is 5.40. The van der Waals surface area contributed by atoms with Crippen molar-refractivity contribution in [3.05, 3.63) is 26.1 Å². The van der Waals surface area contributed by atoms with Crippen LogP contribution in [0.25, 0.3) is 0 Å². The van der Waals surface area contributed by atoms with Crippen LogP contribution in [-0.2, 0) is 4.79 Å². The van der Waals surface area contributed by atoms with Gasteiger partial charge in [-0.1, -0.05) is 23.2 Å². The van der Waals surface area contributed by atoms with Crippen molar-refractivity contribution in [3.8, 4) is 0 Å². The van der Waals surface area contributed by atoms with Gasteiger partial charge in [-0.25, -0.2) is 0 Å². The molecule has 1 aromatic rings. The molecule has 0 atom stereocenters. The third-order valence-electron chi connectivity index (χ3n) is 1.71. The smallest absolute Gasteiger partial charge is 0.221 e. The molecule has 0 aliphatic rings. The van der Waals surface area contributed by atoms with Crippen LogP contribution in [0, 0.1) is 6.92 Å². The van der Waals surface area contributed by atoms with Crippen LogP contribution >= 0.6 is 39.1 Å². The summed E-state index contributed by atoms with van der Waals surface area (Å²) in [5.74, 6) is -0.173. The van der Waals surface area contributed by atoms with E-state index in [0.29, 0.717) is 15.7 Å². The Kier molecular flexibility index (Phi) is 3.81. The van der Waals surface area contributed by atoms with Crippen LogP contribution in [-0.4, -0.2) is 5.91 Å². The first-order valence-electron chi connectivity index (χ1n) is 3.85. The molecule has 0 heterocycles. The van der Waals surface area contributed by atoms with E-state index in [2.05, 4.69) is 21.2 Å². The molecule has 1 amide bonds. The lowest BCUT2D eigenvalue weighted by molar-refractivity contribution is -0.114. The van der Waals surface area contributed by atoms with Gasteiger partial charge in [0.05, 0.1) is 15.7 Å². The second kappa shape index (κ2) is 4.51. The predicted octanol–water partition coefficient (Wildman–Crippen LogP) is 4.02. The fourth-order valence-corrected chi connectivity index (χ4v) is 2.15. The molecule has 1 aromatic carbocycles. The minimum Gasteiger partial charge on any atom is -0.325 e. The maximum absolute atomic E-state index is 10.9. The molecule has 0 saturated carbocycles. The van der Waals surface area contributed by atoms with E-state index >= 15 is 0 Å². The Morgan fingerprint density at radius 3 is 2.57 bits per heavy atom. The van der Waals surface area contributed by atoms with Crippen molar-refractivity contribution < 1.29 is 4.79 Å². The molecule has 5 heteroatoms. The second-order valence-corrected chi connectivity index (χ2v) is 4.47. The fourth-order valence-electron chi connectivity index (χ4n) is 1.04. The zero-order valence-electron chi connectivity index (χ0n) is 7.62. The highest BCUT2D eigenvalue weighted by Crippen LogP contribution is 2.36. The van der Waals surface area contributed by atoms with E-state index in [4.69, 9.17) is 23.2 Å². The topological polar surface area (TPSA) is 29.1 Å². The van der Waals surface area contributed by atoms with Crippen molar-refractivity contribution in [2.24, 2.45) is 0 Å². The Labute approximate surface area is 101 Å². The highest BCUT2D eigenvalue weighted by Gasteiger charge is 2.12. The average Bonchev–Trinajstić information content (AvgIpc) is 2.09. The number of carbonyl (C=O) groups is 1. The Hall–Kier alpha value is -0.250. The van der Waals surface area contributed by atoms with E-state index in [1.54, 1.807) is 13.0 Å².